The van der Waals surface area contributed by atoms with E-state index in [1.807, 2.05) is 4.72 Å². The maximum atomic E-state index is 12.9. The van der Waals surface area contributed by atoms with Gasteiger partial charge >= 0.3 is 0 Å². The summed E-state index contributed by atoms with van der Waals surface area (Å²) in [7, 11) is -4.11. The lowest BCUT2D eigenvalue weighted by atomic mass is 10.1. The van der Waals surface area contributed by atoms with Gasteiger partial charge in [0.1, 0.15) is 5.82 Å². The molecule has 0 saturated carbocycles. The molecule has 1 amide bonds. The minimum atomic E-state index is -4.11. The highest BCUT2D eigenvalue weighted by Crippen LogP contribution is 2.15. The van der Waals surface area contributed by atoms with Crippen LogP contribution < -0.4 is 4.72 Å². The number of rotatable bonds is 4. The fraction of sp³-hybridized carbons (Fsp3) is 0. The molecule has 3 rings (SSSR count). The van der Waals surface area contributed by atoms with E-state index in [4.69, 9.17) is 0 Å². The number of halogens is 1. The number of sulfonamides is 1. The standard InChI is InChI=1S/C16H12FN3O3S/c17-12-6-8-13(9-7-12)24(22,23)19-16(21)14-4-1-2-5-15(14)20-11-3-10-18-20/h1-11H,(H,19,21). The van der Waals surface area contributed by atoms with E-state index in [9.17, 15) is 17.6 Å². The summed E-state index contributed by atoms with van der Waals surface area (Å²) in [6.45, 7) is 0. The van der Waals surface area contributed by atoms with Crippen molar-refractivity contribution in [3.05, 3.63) is 78.4 Å². The van der Waals surface area contributed by atoms with Gasteiger partial charge in [-0.15, -0.1) is 0 Å². The van der Waals surface area contributed by atoms with E-state index in [0.29, 0.717) is 5.69 Å². The van der Waals surface area contributed by atoms with Crippen molar-refractivity contribution in [2.24, 2.45) is 0 Å². The Morgan fingerprint density at radius 3 is 2.42 bits per heavy atom. The number of aromatic nitrogens is 2. The van der Waals surface area contributed by atoms with E-state index >= 15 is 0 Å². The molecule has 0 spiro atoms. The smallest absolute Gasteiger partial charge is 0.267 e. The number of para-hydroxylation sites is 1. The fourth-order valence-corrected chi connectivity index (χ4v) is 3.09. The molecule has 122 valence electrons. The molecule has 0 bridgehead atoms. The first kappa shape index (κ1) is 15.9. The lowest BCUT2D eigenvalue weighted by Crippen LogP contribution is -2.31. The predicted octanol–water partition coefficient (Wildman–Crippen LogP) is 2.13. The van der Waals surface area contributed by atoms with E-state index in [-0.39, 0.29) is 10.5 Å². The van der Waals surface area contributed by atoms with E-state index in [0.717, 1.165) is 24.3 Å². The van der Waals surface area contributed by atoms with Crippen LogP contribution in [0.5, 0.6) is 0 Å². The van der Waals surface area contributed by atoms with Crippen LogP contribution in [0.25, 0.3) is 5.69 Å². The van der Waals surface area contributed by atoms with E-state index < -0.39 is 21.7 Å². The average molecular weight is 345 g/mol. The van der Waals surface area contributed by atoms with Crippen molar-refractivity contribution >= 4 is 15.9 Å². The van der Waals surface area contributed by atoms with Gasteiger partial charge in [0.2, 0.25) is 0 Å². The Morgan fingerprint density at radius 2 is 1.75 bits per heavy atom. The Labute approximate surface area is 137 Å². The number of hydrogen-bond acceptors (Lipinski definition) is 4. The van der Waals surface area contributed by atoms with Gasteiger partial charge in [0.25, 0.3) is 15.9 Å². The number of carbonyl (C=O) groups excluding carboxylic acids is 1. The maximum absolute atomic E-state index is 12.9. The number of carbonyl (C=O) groups is 1. The molecule has 0 aliphatic carbocycles. The molecule has 0 radical (unpaired) electrons. The first-order valence-corrected chi connectivity index (χ1v) is 8.37. The summed E-state index contributed by atoms with van der Waals surface area (Å²) in [5.74, 6) is -1.37. The van der Waals surface area contributed by atoms with Crippen molar-refractivity contribution in [3.63, 3.8) is 0 Å². The normalized spacial score (nSPS) is 11.2. The molecule has 0 saturated heterocycles. The molecule has 24 heavy (non-hydrogen) atoms. The second kappa shape index (κ2) is 6.25. The highest BCUT2D eigenvalue weighted by Gasteiger charge is 2.21. The van der Waals surface area contributed by atoms with Crippen molar-refractivity contribution in [2.45, 2.75) is 4.90 Å². The third-order valence-electron chi connectivity index (χ3n) is 3.25. The van der Waals surface area contributed by atoms with Gasteiger partial charge in [-0.25, -0.2) is 22.2 Å². The van der Waals surface area contributed by atoms with Gasteiger partial charge in [-0.1, -0.05) is 12.1 Å². The monoisotopic (exact) mass is 345 g/mol. The van der Waals surface area contributed by atoms with Gasteiger partial charge in [-0.3, -0.25) is 4.79 Å². The molecule has 0 unspecified atom stereocenters. The van der Waals surface area contributed by atoms with Gasteiger partial charge in [0.15, 0.2) is 0 Å². The predicted molar refractivity (Wildman–Crippen MR) is 84.6 cm³/mol. The van der Waals surface area contributed by atoms with Crippen LogP contribution >= 0.6 is 0 Å². The Bertz CT molecular complexity index is 968. The first-order chi connectivity index (χ1) is 11.5. The Hall–Kier alpha value is -3.00. The van der Waals surface area contributed by atoms with Crippen molar-refractivity contribution in [2.75, 3.05) is 0 Å². The molecule has 6 nitrogen and oxygen atoms in total. The average Bonchev–Trinajstić information content (AvgIpc) is 3.09. The van der Waals surface area contributed by atoms with E-state index in [1.165, 1.54) is 10.7 Å². The summed E-state index contributed by atoms with van der Waals surface area (Å²) >= 11 is 0. The lowest BCUT2D eigenvalue weighted by molar-refractivity contribution is 0.0981. The minimum Gasteiger partial charge on any atom is -0.268 e. The molecular formula is C16H12FN3O3S. The molecule has 8 heteroatoms. The zero-order valence-corrected chi connectivity index (χ0v) is 13.1. The number of hydrogen-bond donors (Lipinski definition) is 1. The summed E-state index contributed by atoms with van der Waals surface area (Å²) in [5.41, 5.74) is 0.584. The van der Waals surface area contributed by atoms with Crippen LogP contribution in [0.3, 0.4) is 0 Å². The lowest BCUT2D eigenvalue weighted by Gasteiger charge is -2.10. The summed E-state index contributed by atoms with van der Waals surface area (Å²) in [6.07, 6.45) is 3.19. The van der Waals surface area contributed by atoms with Crippen LogP contribution in [0.2, 0.25) is 0 Å². The Balaban J connectivity index is 1.92. The number of nitrogens with zero attached hydrogens (tertiary/aromatic N) is 2. The summed E-state index contributed by atoms with van der Waals surface area (Å²) < 4.78 is 40.9. The third kappa shape index (κ3) is 3.18. The Morgan fingerprint density at radius 1 is 1.04 bits per heavy atom. The van der Waals surface area contributed by atoms with Crippen LogP contribution in [0.4, 0.5) is 4.39 Å². The maximum Gasteiger partial charge on any atom is 0.267 e. The fourth-order valence-electron chi connectivity index (χ4n) is 2.13. The van der Waals surface area contributed by atoms with Gasteiger partial charge in [0, 0.05) is 12.4 Å². The molecule has 1 aromatic heterocycles. The minimum absolute atomic E-state index is 0.145. The first-order valence-electron chi connectivity index (χ1n) is 6.89. The molecule has 1 heterocycles. The molecule has 0 fully saturated rings. The van der Waals surface area contributed by atoms with Gasteiger partial charge in [-0.05, 0) is 42.5 Å². The van der Waals surface area contributed by atoms with Gasteiger partial charge in [0.05, 0.1) is 16.1 Å². The molecule has 1 N–H and O–H groups in total. The van der Waals surface area contributed by atoms with Gasteiger partial charge < -0.3 is 0 Å². The largest absolute Gasteiger partial charge is 0.268 e. The molecule has 0 atom stereocenters. The quantitative estimate of drug-likeness (QED) is 0.785. The molecule has 3 aromatic rings. The highest BCUT2D eigenvalue weighted by molar-refractivity contribution is 7.90. The SMILES string of the molecule is O=C(NS(=O)(=O)c1ccc(F)cc1)c1ccccc1-n1cccn1. The molecule has 0 aliphatic heterocycles. The van der Waals surface area contributed by atoms with Crippen molar-refractivity contribution in [3.8, 4) is 5.69 Å². The van der Waals surface area contributed by atoms with Crippen LogP contribution in [0, 0.1) is 5.82 Å². The van der Waals surface area contributed by atoms with Crippen molar-refractivity contribution < 1.29 is 17.6 Å². The molecule has 2 aromatic carbocycles. The highest BCUT2D eigenvalue weighted by atomic mass is 32.2. The zero-order valence-electron chi connectivity index (χ0n) is 12.3. The number of benzene rings is 2. The van der Waals surface area contributed by atoms with E-state index in [1.54, 1.807) is 36.7 Å². The topological polar surface area (TPSA) is 81.1 Å². The summed E-state index contributed by atoms with van der Waals surface area (Å²) in [4.78, 5) is 12.2. The van der Waals surface area contributed by atoms with Crippen molar-refractivity contribution in [1.29, 1.82) is 0 Å². The third-order valence-corrected chi connectivity index (χ3v) is 4.60. The van der Waals surface area contributed by atoms with E-state index in [2.05, 4.69) is 5.10 Å². The Kier molecular flexibility index (Phi) is 4.13. The number of nitrogens with one attached hydrogen (secondary N) is 1. The van der Waals surface area contributed by atoms with Crippen LogP contribution in [0.15, 0.2) is 71.9 Å². The van der Waals surface area contributed by atoms with Crippen molar-refractivity contribution in [1.82, 2.24) is 14.5 Å². The van der Waals surface area contributed by atoms with Crippen LogP contribution in [0.1, 0.15) is 10.4 Å². The second-order valence-corrected chi connectivity index (χ2v) is 6.54. The summed E-state index contributed by atoms with van der Waals surface area (Å²) in [6, 6.07) is 12.3. The molecule has 0 aliphatic rings. The van der Waals surface area contributed by atoms with Crippen LogP contribution in [-0.4, -0.2) is 24.1 Å². The summed E-state index contributed by atoms with van der Waals surface area (Å²) in [5, 5.41) is 4.04. The van der Waals surface area contributed by atoms with Gasteiger partial charge in [-0.2, -0.15) is 5.10 Å². The zero-order chi connectivity index (χ0) is 17.2. The number of amides is 1. The molecular weight excluding hydrogens is 333 g/mol. The van der Waals surface area contributed by atoms with Crippen LogP contribution in [-0.2, 0) is 10.0 Å². The second-order valence-electron chi connectivity index (χ2n) is 4.86.